The second-order valence-electron chi connectivity index (χ2n) is 8.93. The lowest BCUT2D eigenvalue weighted by molar-refractivity contribution is 0.0669. The topological polar surface area (TPSA) is 105 Å². The summed E-state index contributed by atoms with van der Waals surface area (Å²) in [6.45, 7) is 3.41. The molecule has 36 heavy (non-hydrogen) atoms. The number of nitrogens with one attached hydrogen (secondary N) is 1. The first kappa shape index (κ1) is 21.1. The van der Waals surface area contributed by atoms with Gasteiger partial charge in [0.15, 0.2) is 17.4 Å². The molecule has 4 aromatic heterocycles. The average molecular weight is 487 g/mol. The predicted octanol–water partition coefficient (Wildman–Crippen LogP) is 2.96. The average Bonchev–Trinajstić information content (AvgIpc) is 3.66. The fourth-order valence-electron chi connectivity index (χ4n) is 5.10. The van der Waals surface area contributed by atoms with Gasteiger partial charge in [0.25, 0.3) is 5.91 Å². The van der Waals surface area contributed by atoms with Gasteiger partial charge < -0.3 is 23.9 Å². The number of halogens is 1. The van der Waals surface area contributed by atoms with E-state index in [2.05, 4.69) is 25.0 Å². The third kappa shape index (κ3) is 3.27. The van der Waals surface area contributed by atoms with E-state index in [1.807, 2.05) is 18.3 Å². The largest absolute Gasteiger partial charge is 0.438 e. The Balaban J connectivity index is 1.28. The number of morpholine rings is 1. The molecule has 0 spiro atoms. The van der Waals surface area contributed by atoms with Crippen LogP contribution < -0.4 is 4.90 Å². The summed E-state index contributed by atoms with van der Waals surface area (Å²) in [5, 5.41) is 4.47. The van der Waals surface area contributed by atoms with E-state index in [-0.39, 0.29) is 17.3 Å². The number of imidazole rings is 1. The maximum Gasteiger partial charge on any atom is 0.258 e. The van der Waals surface area contributed by atoms with Crippen LogP contribution in [0.5, 0.6) is 0 Å². The van der Waals surface area contributed by atoms with Crippen LogP contribution in [0.2, 0.25) is 0 Å². The molecule has 0 radical (unpaired) electrons. The number of fused-ring (bicyclic) bond motifs is 3. The van der Waals surface area contributed by atoms with Gasteiger partial charge >= 0.3 is 0 Å². The van der Waals surface area contributed by atoms with Crippen molar-refractivity contribution in [1.29, 1.82) is 0 Å². The molecule has 1 amide bonds. The third-order valence-electron chi connectivity index (χ3n) is 6.91. The number of nitrogens with zero attached hydrogens (tertiary/aromatic N) is 6. The van der Waals surface area contributed by atoms with Crippen molar-refractivity contribution in [1.82, 2.24) is 29.5 Å². The van der Waals surface area contributed by atoms with Crippen LogP contribution in [0.25, 0.3) is 16.6 Å². The van der Waals surface area contributed by atoms with Crippen molar-refractivity contribution in [3.8, 4) is 0 Å². The molecule has 2 aliphatic rings. The number of anilines is 1. The molecule has 5 aromatic rings. The van der Waals surface area contributed by atoms with Crippen molar-refractivity contribution in [2.45, 2.75) is 12.5 Å². The first-order chi connectivity index (χ1) is 17.7. The van der Waals surface area contributed by atoms with Crippen molar-refractivity contribution in [3.63, 3.8) is 0 Å². The maximum absolute atomic E-state index is 14.4. The summed E-state index contributed by atoms with van der Waals surface area (Å²) in [4.78, 5) is 29.9. The fourth-order valence-corrected chi connectivity index (χ4v) is 5.10. The van der Waals surface area contributed by atoms with Crippen molar-refractivity contribution < 1.29 is 18.3 Å². The summed E-state index contributed by atoms with van der Waals surface area (Å²) < 4.78 is 27.5. The summed E-state index contributed by atoms with van der Waals surface area (Å²) in [5.41, 5.74) is 4.20. The zero-order valence-electron chi connectivity index (χ0n) is 19.2. The molecular weight excluding hydrogens is 465 g/mol. The molecule has 7 rings (SSSR count). The number of H-pyrrole nitrogens is 1. The monoisotopic (exact) mass is 487 g/mol. The highest BCUT2D eigenvalue weighted by molar-refractivity contribution is 6.01. The molecule has 1 N–H and O–H groups in total. The minimum absolute atomic E-state index is 0.134. The number of hydrogen-bond acceptors (Lipinski definition) is 7. The molecule has 0 unspecified atom stereocenters. The zero-order chi connectivity index (χ0) is 24.2. The molecule has 1 fully saturated rings. The first-order valence-corrected chi connectivity index (χ1v) is 11.9. The summed E-state index contributed by atoms with van der Waals surface area (Å²) in [5.74, 6) is -0.467. The smallest absolute Gasteiger partial charge is 0.258 e. The van der Waals surface area contributed by atoms with Crippen LogP contribution in [-0.4, -0.2) is 68.2 Å². The van der Waals surface area contributed by atoms with Crippen molar-refractivity contribution in [2.75, 3.05) is 37.7 Å². The molecule has 0 saturated carbocycles. The van der Waals surface area contributed by atoms with E-state index in [0.29, 0.717) is 48.5 Å². The number of aromatic nitrogens is 5. The van der Waals surface area contributed by atoms with Crippen LogP contribution in [0.3, 0.4) is 0 Å². The Labute approximate surface area is 204 Å². The summed E-state index contributed by atoms with van der Waals surface area (Å²) in [6, 6.07) is 7.79. The van der Waals surface area contributed by atoms with Gasteiger partial charge in [-0.15, -0.1) is 0 Å². The van der Waals surface area contributed by atoms with Gasteiger partial charge in [0.1, 0.15) is 5.52 Å². The van der Waals surface area contributed by atoms with Crippen LogP contribution in [-0.2, 0) is 11.2 Å². The van der Waals surface area contributed by atoms with Crippen LogP contribution >= 0.6 is 0 Å². The Morgan fingerprint density at radius 3 is 2.89 bits per heavy atom. The molecular formula is C25H22FN7O3. The van der Waals surface area contributed by atoms with Crippen LogP contribution in [0, 0.1) is 5.82 Å². The van der Waals surface area contributed by atoms with Gasteiger partial charge in [-0.2, -0.15) is 5.10 Å². The third-order valence-corrected chi connectivity index (χ3v) is 6.91. The Bertz CT molecular complexity index is 1600. The number of para-hydroxylation sites is 1. The number of hydrogen-bond donors (Lipinski definition) is 1. The molecule has 1 atom stereocenters. The lowest BCUT2D eigenvalue weighted by Gasteiger charge is -2.32. The second kappa shape index (κ2) is 8.16. The highest BCUT2D eigenvalue weighted by atomic mass is 19.1. The van der Waals surface area contributed by atoms with Gasteiger partial charge in [0.05, 0.1) is 54.4 Å². The molecule has 0 aliphatic carbocycles. The number of aromatic amines is 1. The van der Waals surface area contributed by atoms with E-state index in [9.17, 15) is 9.18 Å². The standard InChI is InChI=1S/C25H22FN7O3/c26-17-2-1-3-20-21(17)30-24(36-20)23-22-18(27-14-28-22)6-7-32(23)25(34)16-12-29-33-13-15(4-5-19(16)33)31-8-10-35-11-9-31/h1-5,12-14,23H,6-11H2,(H,27,28)/t23-/m0/s1. The number of rotatable bonds is 3. The molecule has 0 bridgehead atoms. The Morgan fingerprint density at radius 2 is 2.03 bits per heavy atom. The number of oxazole rings is 1. The minimum Gasteiger partial charge on any atom is -0.438 e. The van der Waals surface area contributed by atoms with Crippen molar-refractivity contribution in [2.24, 2.45) is 0 Å². The highest BCUT2D eigenvalue weighted by Gasteiger charge is 2.38. The van der Waals surface area contributed by atoms with Gasteiger partial charge in [-0.05, 0) is 24.3 Å². The molecule has 1 saturated heterocycles. The summed E-state index contributed by atoms with van der Waals surface area (Å²) in [7, 11) is 0. The zero-order valence-corrected chi connectivity index (χ0v) is 19.2. The van der Waals surface area contributed by atoms with Crippen LogP contribution in [0.15, 0.2) is 53.5 Å². The number of ether oxygens (including phenoxy) is 1. The number of pyridine rings is 1. The molecule has 2 aliphatic heterocycles. The Morgan fingerprint density at radius 1 is 1.14 bits per heavy atom. The fraction of sp³-hybridized carbons (Fsp3) is 0.280. The van der Waals surface area contributed by atoms with Gasteiger partial charge in [0.2, 0.25) is 5.89 Å². The van der Waals surface area contributed by atoms with E-state index in [1.54, 1.807) is 34.1 Å². The van der Waals surface area contributed by atoms with Crippen molar-refractivity contribution >= 4 is 28.2 Å². The lowest BCUT2D eigenvalue weighted by Crippen LogP contribution is -2.41. The Hall–Kier alpha value is -4.25. The summed E-state index contributed by atoms with van der Waals surface area (Å²) >= 11 is 0. The van der Waals surface area contributed by atoms with E-state index in [4.69, 9.17) is 9.15 Å². The maximum atomic E-state index is 14.4. The number of amides is 1. The highest BCUT2D eigenvalue weighted by Crippen LogP contribution is 2.36. The summed E-state index contributed by atoms with van der Waals surface area (Å²) in [6.07, 6.45) is 5.72. The van der Waals surface area contributed by atoms with E-state index < -0.39 is 11.9 Å². The molecule has 182 valence electrons. The first-order valence-electron chi connectivity index (χ1n) is 11.9. The number of carbonyl (C=O) groups is 1. The molecule has 10 nitrogen and oxygen atoms in total. The molecule has 6 heterocycles. The van der Waals surface area contributed by atoms with Gasteiger partial charge in [-0.3, -0.25) is 4.79 Å². The minimum atomic E-state index is -0.693. The molecule has 1 aromatic carbocycles. The normalized spacial score (nSPS) is 18.2. The van der Waals surface area contributed by atoms with Gasteiger partial charge in [-0.25, -0.2) is 18.9 Å². The van der Waals surface area contributed by atoms with E-state index in [0.717, 1.165) is 24.5 Å². The quantitative estimate of drug-likeness (QED) is 0.417. The SMILES string of the molecule is O=C(c1cnn2cc(N3CCOCC3)ccc12)N1CCc2[nH]cnc2[C@H]1c1nc2c(F)cccc2o1. The van der Waals surface area contributed by atoms with Gasteiger partial charge in [-0.1, -0.05) is 6.07 Å². The van der Waals surface area contributed by atoms with E-state index in [1.165, 1.54) is 6.07 Å². The Kier molecular flexibility index (Phi) is 4.78. The van der Waals surface area contributed by atoms with Crippen LogP contribution in [0.4, 0.5) is 10.1 Å². The number of benzene rings is 1. The lowest BCUT2D eigenvalue weighted by atomic mass is 10.0. The number of carbonyl (C=O) groups excluding carboxylic acids is 1. The van der Waals surface area contributed by atoms with Crippen molar-refractivity contribution in [3.05, 3.63) is 77.7 Å². The second-order valence-corrected chi connectivity index (χ2v) is 8.93. The van der Waals surface area contributed by atoms with Gasteiger partial charge in [0, 0.05) is 31.7 Å². The van der Waals surface area contributed by atoms with Crippen LogP contribution in [0.1, 0.15) is 33.7 Å². The van der Waals surface area contributed by atoms with E-state index >= 15 is 0 Å². The predicted molar refractivity (Wildman–Crippen MR) is 127 cm³/mol. The molecule has 11 heteroatoms.